The molecule has 0 aliphatic carbocycles. The van der Waals surface area contributed by atoms with Crippen molar-refractivity contribution in [2.45, 2.75) is 6.42 Å². The first-order chi connectivity index (χ1) is 16.2. The first-order valence-corrected chi connectivity index (χ1v) is 10.6. The molecule has 4 aromatic rings. The molecule has 0 saturated heterocycles. The van der Waals surface area contributed by atoms with Gasteiger partial charge in [-0.3, -0.25) is 15.6 Å². The van der Waals surface area contributed by atoms with Crippen molar-refractivity contribution in [1.82, 2.24) is 15.5 Å². The fourth-order valence-electron chi connectivity index (χ4n) is 3.43. The standard InChI is InChI=1S/C25H22N6O2/c32-25(19-8-4-7-18(15-19)23-26-16-22-24(28-23)30-31-29-22)27-20-9-11-21(12-10-20)33-14-13-17-5-2-1-3-6-17/h1-12,15-16,29,31H,13-14H2,(H,27,32)(H,26,28,30). The molecule has 0 spiro atoms. The molecule has 0 radical (unpaired) electrons. The van der Waals surface area contributed by atoms with Gasteiger partial charge >= 0.3 is 0 Å². The number of nitrogens with one attached hydrogen (secondary N) is 4. The van der Waals surface area contributed by atoms with Crippen molar-refractivity contribution < 1.29 is 9.53 Å². The lowest BCUT2D eigenvalue weighted by atomic mass is 10.1. The number of anilines is 3. The smallest absolute Gasteiger partial charge is 0.255 e. The minimum Gasteiger partial charge on any atom is -0.493 e. The van der Waals surface area contributed by atoms with Crippen LogP contribution < -0.4 is 26.4 Å². The highest BCUT2D eigenvalue weighted by Gasteiger charge is 2.14. The Bertz CT molecular complexity index is 1260. The highest BCUT2D eigenvalue weighted by atomic mass is 16.5. The van der Waals surface area contributed by atoms with Gasteiger partial charge in [-0.15, -0.1) is 5.53 Å². The summed E-state index contributed by atoms with van der Waals surface area (Å²) >= 11 is 0. The number of benzene rings is 3. The summed E-state index contributed by atoms with van der Waals surface area (Å²) in [5.74, 6) is 1.73. The Kier molecular flexibility index (Phi) is 5.81. The molecule has 164 valence electrons. The van der Waals surface area contributed by atoms with Gasteiger partial charge in [0, 0.05) is 23.2 Å². The largest absolute Gasteiger partial charge is 0.493 e. The minimum atomic E-state index is -0.211. The Morgan fingerprint density at radius 3 is 2.64 bits per heavy atom. The SMILES string of the molecule is O=C(Nc1ccc(OCCc2ccccc2)cc1)c1cccc(-c2ncc3c(n2)NNN3)c1. The van der Waals surface area contributed by atoms with Gasteiger partial charge in [0.05, 0.1) is 12.8 Å². The van der Waals surface area contributed by atoms with Crippen molar-refractivity contribution >= 4 is 23.1 Å². The van der Waals surface area contributed by atoms with Gasteiger partial charge in [0.1, 0.15) is 11.4 Å². The van der Waals surface area contributed by atoms with Gasteiger partial charge in [0.2, 0.25) is 0 Å². The molecule has 33 heavy (non-hydrogen) atoms. The van der Waals surface area contributed by atoms with E-state index in [0.29, 0.717) is 29.5 Å². The van der Waals surface area contributed by atoms with E-state index in [1.807, 2.05) is 54.6 Å². The molecule has 1 amide bonds. The highest BCUT2D eigenvalue weighted by Crippen LogP contribution is 2.25. The van der Waals surface area contributed by atoms with E-state index in [0.717, 1.165) is 23.4 Å². The van der Waals surface area contributed by atoms with E-state index in [4.69, 9.17) is 4.74 Å². The van der Waals surface area contributed by atoms with Crippen molar-refractivity contribution in [2.75, 3.05) is 22.8 Å². The van der Waals surface area contributed by atoms with Crippen LogP contribution in [0.1, 0.15) is 15.9 Å². The predicted molar refractivity (Wildman–Crippen MR) is 128 cm³/mol. The summed E-state index contributed by atoms with van der Waals surface area (Å²) in [6.45, 7) is 0.592. The summed E-state index contributed by atoms with van der Waals surface area (Å²) in [5.41, 5.74) is 12.5. The zero-order valence-electron chi connectivity index (χ0n) is 17.7. The lowest BCUT2D eigenvalue weighted by molar-refractivity contribution is 0.102. The van der Waals surface area contributed by atoms with E-state index < -0.39 is 0 Å². The number of carbonyl (C=O) groups is 1. The Morgan fingerprint density at radius 1 is 0.939 bits per heavy atom. The second-order valence-corrected chi connectivity index (χ2v) is 7.47. The maximum Gasteiger partial charge on any atom is 0.255 e. The van der Waals surface area contributed by atoms with E-state index >= 15 is 0 Å². The lowest BCUT2D eigenvalue weighted by Crippen LogP contribution is -2.19. The van der Waals surface area contributed by atoms with Crippen LogP contribution in [0.4, 0.5) is 17.2 Å². The quantitative estimate of drug-likeness (QED) is 0.342. The van der Waals surface area contributed by atoms with E-state index in [1.165, 1.54) is 5.56 Å². The zero-order chi connectivity index (χ0) is 22.5. The van der Waals surface area contributed by atoms with Gasteiger partial charge in [0.15, 0.2) is 11.6 Å². The third-order valence-corrected chi connectivity index (χ3v) is 5.16. The van der Waals surface area contributed by atoms with Crippen molar-refractivity contribution in [3.63, 3.8) is 0 Å². The molecule has 0 unspecified atom stereocenters. The van der Waals surface area contributed by atoms with Crippen LogP contribution in [0.2, 0.25) is 0 Å². The van der Waals surface area contributed by atoms with Crippen LogP contribution in [0.25, 0.3) is 11.4 Å². The molecular formula is C25H22N6O2. The summed E-state index contributed by atoms with van der Waals surface area (Å²) in [6, 6.07) is 24.8. The monoisotopic (exact) mass is 438 g/mol. The van der Waals surface area contributed by atoms with Gasteiger partial charge in [0.25, 0.3) is 5.91 Å². The van der Waals surface area contributed by atoms with Gasteiger partial charge in [-0.05, 0) is 42.0 Å². The molecule has 3 aromatic carbocycles. The number of nitrogens with zero attached hydrogens (tertiary/aromatic N) is 2. The molecule has 8 heteroatoms. The van der Waals surface area contributed by atoms with E-state index in [1.54, 1.807) is 18.3 Å². The van der Waals surface area contributed by atoms with Crippen LogP contribution in [-0.2, 0) is 6.42 Å². The van der Waals surface area contributed by atoms with Gasteiger partial charge < -0.3 is 10.1 Å². The highest BCUT2D eigenvalue weighted by molar-refractivity contribution is 6.04. The van der Waals surface area contributed by atoms with Crippen LogP contribution >= 0.6 is 0 Å². The van der Waals surface area contributed by atoms with Gasteiger partial charge in [-0.25, -0.2) is 9.97 Å². The number of fused-ring (bicyclic) bond motifs is 1. The molecular weight excluding hydrogens is 416 g/mol. The third-order valence-electron chi connectivity index (χ3n) is 5.16. The number of hydrazine groups is 2. The van der Waals surface area contributed by atoms with E-state index in [9.17, 15) is 4.79 Å². The average Bonchev–Trinajstić information content (AvgIpc) is 3.34. The Morgan fingerprint density at radius 2 is 1.79 bits per heavy atom. The summed E-state index contributed by atoms with van der Waals surface area (Å²) in [4.78, 5) is 21.6. The molecule has 0 atom stereocenters. The number of ether oxygens (including phenoxy) is 1. The Hall–Kier alpha value is -4.43. The maximum absolute atomic E-state index is 12.8. The molecule has 1 aliphatic rings. The lowest BCUT2D eigenvalue weighted by Gasteiger charge is -2.09. The number of hydrogen-bond donors (Lipinski definition) is 4. The number of amides is 1. The fourth-order valence-corrected chi connectivity index (χ4v) is 3.43. The maximum atomic E-state index is 12.8. The zero-order valence-corrected chi connectivity index (χ0v) is 17.7. The average molecular weight is 438 g/mol. The summed E-state index contributed by atoms with van der Waals surface area (Å²) < 4.78 is 5.81. The molecule has 4 N–H and O–H groups in total. The molecule has 0 fully saturated rings. The molecule has 5 rings (SSSR count). The van der Waals surface area contributed by atoms with Crippen LogP contribution in [0.5, 0.6) is 5.75 Å². The topological polar surface area (TPSA) is 100 Å². The van der Waals surface area contributed by atoms with Crippen molar-refractivity contribution in [3.05, 3.63) is 96.2 Å². The summed E-state index contributed by atoms with van der Waals surface area (Å²) in [6.07, 6.45) is 2.52. The third kappa shape index (κ3) is 4.91. The second-order valence-electron chi connectivity index (χ2n) is 7.47. The van der Waals surface area contributed by atoms with Crippen molar-refractivity contribution in [2.24, 2.45) is 0 Å². The first kappa shape index (κ1) is 20.5. The first-order valence-electron chi connectivity index (χ1n) is 10.6. The van der Waals surface area contributed by atoms with Crippen LogP contribution in [0.15, 0.2) is 85.1 Å². The van der Waals surface area contributed by atoms with Crippen LogP contribution in [0.3, 0.4) is 0 Å². The molecule has 2 heterocycles. The number of rotatable bonds is 7. The number of hydrogen-bond acceptors (Lipinski definition) is 7. The van der Waals surface area contributed by atoms with Crippen molar-refractivity contribution in [3.8, 4) is 17.1 Å². The Balaban J connectivity index is 1.20. The fraction of sp³-hybridized carbons (Fsp3) is 0.0800. The number of aromatic nitrogens is 2. The van der Waals surface area contributed by atoms with Gasteiger partial charge in [-0.1, -0.05) is 42.5 Å². The van der Waals surface area contributed by atoms with E-state index in [-0.39, 0.29) is 5.91 Å². The number of carbonyl (C=O) groups excluding carboxylic acids is 1. The summed E-state index contributed by atoms with van der Waals surface area (Å²) in [5, 5.41) is 2.92. The van der Waals surface area contributed by atoms with Crippen LogP contribution in [-0.4, -0.2) is 22.5 Å². The molecule has 0 saturated carbocycles. The van der Waals surface area contributed by atoms with Crippen LogP contribution in [0, 0.1) is 0 Å². The second kappa shape index (κ2) is 9.37. The molecule has 1 aliphatic heterocycles. The minimum absolute atomic E-state index is 0.211. The molecule has 1 aromatic heterocycles. The molecule has 0 bridgehead atoms. The normalized spacial score (nSPS) is 11.8. The van der Waals surface area contributed by atoms with Gasteiger partial charge in [-0.2, -0.15) is 0 Å². The summed E-state index contributed by atoms with van der Waals surface area (Å²) in [7, 11) is 0. The Labute approximate surface area is 191 Å². The predicted octanol–water partition coefficient (Wildman–Crippen LogP) is 4.27. The van der Waals surface area contributed by atoms with E-state index in [2.05, 4.69) is 43.8 Å². The van der Waals surface area contributed by atoms with Crippen molar-refractivity contribution in [1.29, 1.82) is 0 Å². The molecule has 8 nitrogen and oxygen atoms in total.